The molecule has 1 N–H and O–H groups in total. The van der Waals surface area contributed by atoms with Crippen LogP contribution in [-0.2, 0) is 11.3 Å². The van der Waals surface area contributed by atoms with Crippen LogP contribution in [0.5, 0.6) is 0 Å². The van der Waals surface area contributed by atoms with Gasteiger partial charge in [0.25, 0.3) is 0 Å². The van der Waals surface area contributed by atoms with Gasteiger partial charge in [-0.05, 0) is 67.4 Å². The summed E-state index contributed by atoms with van der Waals surface area (Å²) in [6.45, 7) is 8.45. The zero-order valence-electron chi connectivity index (χ0n) is 15.3. The molecule has 3 aromatic rings. The van der Waals surface area contributed by atoms with Gasteiger partial charge in [-0.1, -0.05) is 12.1 Å². The monoisotopic (exact) mass is 415 g/mol. The molecule has 1 aromatic carbocycles. The van der Waals surface area contributed by atoms with E-state index in [-0.39, 0.29) is 5.91 Å². The van der Waals surface area contributed by atoms with Gasteiger partial charge in [-0.15, -0.1) is 0 Å². The number of carbonyl (C=O) groups is 1. The minimum Gasteiger partial charge on any atom is -0.324 e. The number of hydrogen-bond donors (Lipinski definition) is 1. The third-order valence-electron chi connectivity index (χ3n) is 4.36. The standard InChI is InChI=1S/C19H22BrN5O/c1-12-8-13(2)24(23-12)11-16-6-5-7-17(9-16)22-19(26)15(4)25-14(3)18(20)10-21-25/h5-10,15H,11H2,1-4H3,(H,22,26). The Hall–Kier alpha value is -2.41. The summed E-state index contributed by atoms with van der Waals surface area (Å²) in [6, 6.07) is 9.49. The van der Waals surface area contributed by atoms with Gasteiger partial charge in [-0.25, -0.2) is 0 Å². The number of halogens is 1. The quantitative estimate of drug-likeness (QED) is 0.684. The van der Waals surface area contributed by atoms with Crippen molar-refractivity contribution in [2.75, 3.05) is 5.32 Å². The van der Waals surface area contributed by atoms with Crippen LogP contribution in [-0.4, -0.2) is 25.5 Å². The van der Waals surface area contributed by atoms with Crippen LogP contribution < -0.4 is 5.32 Å². The predicted octanol–water partition coefficient (Wildman–Crippen LogP) is 4.02. The lowest BCUT2D eigenvalue weighted by Crippen LogP contribution is -2.25. The van der Waals surface area contributed by atoms with Crippen LogP contribution in [0.2, 0.25) is 0 Å². The highest BCUT2D eigenvalue weighted by Gasteiger charge is 2.18. The highest BCUT2D eigenvalue weighted by molar-refractivity contribution is 9.10. The number of nitrogens with one attached hydrogen (secondary N) is 1. The van der Waals surface area contributed by atoms with Crippen molar-refractivity contribution in [1.82, 2.24) is 19.6 Å². The number of benzene rings is 1. The smallest absolute Gasteiger partial charge is 0.248 e. The van der Waals surface area contributed by atoms with Gasteiger partial charge in [0.15, 0.2) is 0 Å². The lowest BCUT2D eigenvalue weighted by atomic mass is 10.2. The van der Waals surface area contributed by atoms with Crippen molar-refractivity contribution in [2.45, 2.75) is 40.3 Å². The van der Waals surface area contributed by atoms with E-state index < -0.39 is 6.04 Å². The van der Waals surface area contributed by atoms with E-state index in [9.17, 15) is 4.79 Å². The third-order valence-corrected chi connectivity index (χ3v) is 5.14. The molecule has 0 aliphatic heterocycles. The molecule has 7 heteroatoms. The Labute approximate surface area is 161 Å². The minimum absolute atomic E-state index is 0.105. The number of carbonyl (C=O) groups excluding carboxylic acids is 1. The molecule has 26 heavy (non-hydrogen) atoms. The Balaban J connectivity index is 1.73. The number of amides is 1. The molecule has 1 amide bonds. The largest absolute Gasteiger partial charge is 0.324 e. The summed E-state index contributed by atoms with van der Waals surface area (Å²) < 4.78 is 4.56. The topological polar surface area (TPSA) is 64.7 Å². The first-order chi connectivity index (χ1) is 12.3. The van der Waals surface area contributed by atoms with Gasteiger partial charge in [0, 0.05) is 11.4 Å². The normalized spacial score (nSPS) is 12.2. The molecule has 3 rings (SSSR count). The molecule has 0 fully saturated rings. The Bertz CT molecular complexity index is 943. The summed E-state index contributed by atoms with van der Waals surface area (Å²) in [5.74, 6) is -0.105. The van der Waals surface area contributed by atoms with Gasteiger partial charge in [0.05, 0.1) is 28.6 Å². The molecular weight excluding hydrogens is 394 g/mol. The summed E-state index contributed by atoms with van der Waals surface area (Å²) in [5.41, 5.74) is 4.89. The van der Waals surface area contributed by atoms with E-state index in [1.54, 1.807) is 10.9 Å². The Morgan fingerprint density at radius 2 is 2.04 bits per heavy atom. The highest BCUT2D eigenvalue weighted by Crippen LogP contribution is 2.20. The number of aryl methyl sites for hydroxylation is 2. The summed E-state index contributed by atoms with van der Waals surface area (Å²) in [5, 5.41) is 11.7. The maximum atomic E-state index is 12.6. The van der Waals surface area contributed by atoms with E-state index in [0.717, 1.165) is 32.8 Å². The molecule has 1 atom stereocenters. The molecule has 0 aliphatic rings. The molecule has 0 aliphatic carbocycles. The van der Waals surface area contributed by atoms with E-state index in [1.807, 2.05) is 56.6 Å². The molecule has 0 saturated heterocycles. The second-order valence-corrected chi connectivity index (χ2v) is 7.33. The minimum atomic E-state index is -0.402. The maximum absolute atomic E-state index is 12.6. The number of anilines is 1. The van der Waals surface area contributed by atoms with Gasteiger partial charge < -0.3 is 5.32 Å². The second kappa shape index (κ2) is 7.45. The lowest BCUT2D eigenvalue weighted by Gasteiger charge is -2.15. The SMILES string of the molecule is Cc1cc(C)n(Cc2cccc(NC(=O)C(C)n3ncc(Br)c3C)c2)n1. The van der Waals surface area contributed by atoms with Crippen molar-refractivity contribution in [3.8, 4) is 0 Å². The Morgan fingerprint density at radius 1 is 1.27 bits per heavy atom. The zero-order chi connectivity index (χ0) is 18.8. The van der Waals surface area contributed by atoms with Crippen LogP contribution in [0.15, 0.2) is 41.0 Å². The summed E-state index contributed by atoms with van der Waals surface area (Å²) in [6.07, 6.45) is 1.70. The third kappa shape index (κ3) is 3.88. The van der Waals surface area contributed by atoms with E-state index in [0.29, 0.717) is 6.54 Å². The van der Waals surface area contributed by atoms with Gasteiger partial charge in [0.2, 0.25) is 5.91 Å². The van der Waals surface area contributed by atoms with E-state index in [1.165, 1.54) is 0 Å². The average molecular weight is 416 g/mol. The first kappa shape index (κ1) is 18.4. The molecule has 1 unspecified atom stereocenters. The van der Waals surface area contributed by atoms with Gasteiger partial charge >= 0.3 is 0 Å². The molecule has 136 valence electrons. The lowest BCUT2D eigenvalue weighted by molar-refractivity contribution is -0.119. The first-order valence-corrected chi connectivity index (χ1v) is 9.25. The first-order valence-electron chi connectivity index (χ1n) is 8.45. The molecule has 0 spiro atoms. The molecule has 2 aromatic heterocycles. The van der Waals surface area contributed by atoms with Crippen LogP contribution in [0.3, 0.4) is 0 Å². The van der Waals surface area contributed by atoms with Gasteiger partial charge in [-0.3, -0.25) is 14.2 Å². The molecule has 0 saturated carbocycles. The van der Waals surface area contributed by atoms with Crippen LogP contribution in [0.25, 0.3) is 0 Å². The number of nitrogens with zero attached hydrogens (tertiary/aromatic N) is 4. The number of aromatic nitrogens is 4. The molecular formula is C19H22BrN5O. The van der Waals surface area contributed by atoms with Crippen molar-refractivity contribution < 1.29 is 4.79 Å². The fourth-order valence-electron chi connectivity index (χ4n) is 2.91. The van der Waals surface area contributed by atoms with E-state index in [4.69, 9.17) is 0 Å². The van der Waals surface area contributed by atoms with Crippen molar-refractivity contribution in [3.63, 3.8) is 0 Å². The fourth-order valence-corrected chi connectivity index (χ4v) is 3.18. The predicted molar refractivity (Wildman–Crippen MR) is 105 cm³/mol. The van der Waals surface area contributed by atoms with Crippen LogP contribution >= 0.6 is 15.9 Å². The molecule has 0 radical (unpaired) electrons. The fraction of sp³-hybridized carbons (Fsp3) is 0.316. The Kier molecular flexibility index (Phi) is 5.27. The van der Waals surface area contributed by atoms with Crippen LogP contribution in [0, 0.1) is 20.8 Å². The van der Waals surface area contributed by atoms with Crippen LogP contribution in [0.4, 0.5) is 5.69 Å². The highest BCUT2D eigenvalue weighted by atomic mass is 79.9. The molecule has 2 heterocycles. The average Bonchev–Trinajstić information content (AvgIpc) is 3.09. The van der Waals surface area contributed by atoms with Gasteiger partial charge in [0.1, 0.15) is 6.04 Å². The number of rotatable bonds is 5. The number of hydrogen-bond acceptors (Lipinski definition) is 3. The summed E-state index contributed by atoms with van der Waals surface area (Å²) in [4.78, 5) is 12.6. The molecule has 6 nitrogen and oxygen atoms in total. The summed E-state index contributed by atoms with van der Waals surface area (Å²) >= 11 is 3.43. The second-order valence-electron chi connectivity index (χ2n) is 6.47. The zero-order valence-corrected chi connectivity index (χ0v) is 16.9. The van der Waals surface area contributed by atoms with Crippen LogP contribution in [0.1, 0.15) is 35.6 Å². The summed E-state index contributed by atoms with van der Waals surface area (Å²) in [7, 11) is 0. The maximum Gasteiger partial charge on any atom is 0.248 e. The van der Waals surface area contributed by atoms with Crippen molar-refractivity contribution in [2.24, 2.45) is 0 Å². The van der Waals surface area contributed by atoms with Crippen molar-refractivity contribution in [1.29, 1.82) is 0 Å². The Morgan fingerprint density at radius 3 is 2.65 bits per heavy atom. The van der Waals surface area contributed by atoms with Crippen molar-refractivity contribution >= 4 is 27.5 Å². The molecule has 0 bridgehead atoms. The van der Waals surface area contributed by atoms with Crippen molar-refractivity contribution in [3.05, 3.63) is 63.6 Å². The van der Waals surface area contributed by atoms with E-state index >= 15 is 0 Å². The van der Waals surface area contributed by atoms with Gasteiger partial charge in [-0.2, -0.15) is 10.2 Å². The van der Waals surface area contributed by atoms with E-state index in [2.05, 4.69) is 37.5 Å².